The molecule has 5 heteroatoms. The second-order valence-electron chi connectivity index (χ2n) is 5.86. The molecule has 0 spiro atoms. The SMILES string of the molecule is Cc1ccc(OCCNC(=O)c2ccc(Nc3ccncc3)cc2)cc1. The lowest BCUT2D eigenvalue weighted by atomic mass is 10.2. The molecule has 0 fully saturated rings. The van der Waals surface area contributed by atoms with Crippen molar-refractivity contribution in [2.24, 2.45) is 0 Å². The van der Waals surface area contributed by atoms with Gasteiger partial charge in [0.25, 0.3) is 5.91 Å². The maximum Gasteiger partial charge on any atom is 0.251 e. The Balaban J connectivity index is 1.45. The number of benzene rings is 2. The zero-order chi connectivity index (χ0) is 18.2. The first-order valence-corrected chi connectivity index (χ1v) is 8.45. The number of anilines is 2. The Bertz CT molecular complexity index is 831. The van der Waals surface area contributed by atoms with Crippen molar-refractivity contribution in [2.75, 3.05) is 18.5 Å². The van der Waals surface area contributed by atoms with Crippen LogP contribution in [0.5, 0.6) is 5.75 Å². The van der Waals surface area contributed by atoms with Crippen molar-refractivity contribution in [3.05, 3.63) is 84.2 Å². The van der Waals surface area contributed by atoms with Crippen molar-refractivity contribution in [1.82, 2.24) is 10.3 Å². The molecule has 0 bridgehead atoms. The van der Waals surface area contributed by atoms with Crippen LogP contribution in [-0.2, 0) is 0 Å². The zero-order valence-corrected chi connectivity index (χ0v) is 14.6. The summed E-state index contributed by atoms with van der Waals surface area (Å²) in [4.78, 5) is 16.2. The monoisotopic (exact) mass is 347 g/mol. The number of amides is 1. The summed E-state index contributed by atoms with van der Waals surface area (Å²) in [5.74, 6) is 0.685. The van der Waals surface area contributed by atoms with Crippen LogP contribution >= 0.6 is 0 Å². The lowest BCUT2D eigenvalue weighted by molar-refractivity contribution is 0.0947. The Kier molecular flexibility index (Phi) is 5.83. The average Bonchev–Trinajstić information content (AvgIpc) is 2.68. The number of aromatic nitrogens is 1. The number of rotatable bonds is 7. The number of ether oxygens (including phenoxy) is 1. The van der Waals surface area contributed by atoms with Crippen LogP contribution in [0.1, 0.15) is 15.9 Å². The zero-order valence-electron chi connectivity index (χ0n) is 14.6. The minimum atomic E-state index is -0.118. The molecule has 0 saturated carbocycles. The molecular weight excluding hydrogens is 326 g/mol. The highest BCUT2D eigenvalue weighted by atomic mass is 16.5. The van der Waals surface area contributed by atoms with Gasteiger partial charge >= 0.3 is 0 Å². The third-order valence-electron chi connectivity index (χ3n) is 3.79. The second-order valence-corrected chi connectivity index (χ2v) is 5.86. The molecule has 0 aliphatic carbocycles. The molecule has 1 amide bonds. The van der Waals surface area contributed by atoms with Crippen molar-refractivity contribution in [3.8, 4) is 5.75 Å². The molecule has 0 radical (unpaired) electrons. The largest absolute Gasteiger partial charge is 0.492 e. The number of hydrogen-bond acceptors (Lipinski definition) is 4. The van der Waals surface area contributed by atoms with E-state index < -0.39 is 0 Å². The van der Waals surface area contributed by atoms with Crippen molar-refractivity contribution in [2.45, 2.75) is 6.92 Å². The molecule has 3 rings (SSSR count). The molecule has 5 nitrogen and oxygen atoms in total. The van der Waals surface area contributed by atoms with Gasteiger partial charge in [-0.2, -0.15) is 0 Å². The van der Waals surface area contributed by atoms with Gasteiger partial charge in [0.1, 0.15) is 12.4 Å². The highest BCUT2D eigenvalue weighted by Crippen LogP contribution is 2.16. The molecule has 1 heterocycles. The molecule has 132 valence electrons. The predicted molar refractivity (Wildman–Crippen MR) is 103 cm³/mol. The second kappa shape index (κ2) is 8.67. The topological polar surface area (TPSA) is 63.2 Å². The van der Waals surface area contributed by atoms with Gasteiger partial charge in [-0.25, -0.2) is 0 Å². The van der Waals surface area contributed by atoms with E-state index in [1.54, 1.807) is 24.5 Å². The lowest BCUT2D eigenvalue weighted by Crippen LogP contribution is -2.28. The lowest BCUT2D eigenvalue weighted by Gasteiger charge is -2.09. The van der Waals surface area contributed by atoms with Gasteiger partial charge in [-0.15, -0.1) is 0 Å². The predicted octanol–water partition coefficient (Wildman–Crippen LogP) is 3.94. The molecule has 0 saturated heterocycles. The molecule has 0 atom stereocenters. The number of hydrogen-bond donors (Lipinski definition) is 2. The van der Waals surface area contributed by atoms with E-state index in [0.717, 1.165) is 17.1 Å². The first-order chi connectivity index (χ1) is 12.7. The van der Waals surface area contributed by atoms with E-state index in [4.69, 9.17) is 4.74 Å². The Morgan fingerprint density at radius 2 is 1.58 bits per heavy atom. The van der Waals surface area contributed by atoms with E-state index in [-0.39, 0.29) is 5.91 Å². The van der Waals surface area contributed by atoms with Gasteiger partial charge < -0.3 is 15.4 Å². The van der Waals surface area contributed by atoms with Crippen molar-refractivity contribution >= 4 is 17.3 Å². The molecule has 2 aromatic carbocycles. The van der Waals surface area contributed by atoms with E-state index in [0.29, 0.717) is 18.7 Å². The van der Waals surface area contributed by atoms with Gasteiger partial charge in [-0.1, -0.05) is 17.7 Å². The van der Waals surface area contributed by atoms with Crippen LogP contribution in [0.15, 0.2) is 73.1 Å². The first kappa shape index (κ1) is 17.5. The maximum atomic E-state index is 12.2. The van der Waals surface area contributed by atoms with Crippen LogP contribution in [0, 0.1) is 6.92 Å². The Morgan fingerprint density at radius 3 is 2.27 bits per heavy atom. The summed E-state index contributed by atoms with van der Waals surface area (Å²) in [6, 6.07) is 18.9. The summed E-state index contributed by atoms with van der Waals surface area (Å²) >= 11 is 0. The van der Waals surface area contributed by atoms with Crippen molar-refractivity contribution < 1.29 is 9.53 Å². The normalized spacial score (nSPS) is 10.2. The number of nitrogens with one attached hydrogen (secondary N) is 2. The van der Waals surface area contributed by atoms with Crippen LogP contribution in [0.25, 0.3) is 0 Å². The number of carbonyl (C=O) groups is 1. The van der Waals surface area contributed by atoms with E-state index in [9.17, 15) is 4.79 Å². The number of pyridine rings is 1. The minimum Gasteiger partial charge on any atom is -0.492 e. The summed E-state index contributed by atoms with van der Waals surface area (Å²) in [6.07, 6.45) is 3.45. The van der Waals surface area contributed by atoms with E-state index in [2.05, 4.69) is 15.6 Å². The fourth-order valence-corrected chi connectivity index (χ4v) is 2.38. The minimum absolute atomic E-state index is 0.118. The Morgan fingerprint density at radius 1 is 0.923 bits per heavy atom. The third-order valence-corrected chi connectivity index (χ3v) is 3.79. The molecular formula is C21H21N3O2. The third kappa shape index (κ3) is 5.08. The van der Waals surface area contributed by atoms with Crippen LogP contribution < -0.4 is 15.4 Å². The van der Waals surface area contributed by atoms with Crippen LogP contribution in [0.4, 0.5) is 11.4 Å². The molecule has 0 aliphatic heterocycles. The first-order valence-electron chi connectivity index (χ1n) is 8.45. The maximum absolute atomic E-state index is 12.2. The number of carbonyl (C=O) groups excluding carboxylic acids is 1. The molecule has 0 unspecified atom stereocenters. The fraction of sp³-hybridized carbons (Fsp3) is 0.143. The van der Waals surface area contributed by atoms with Gasteiger partial charge in [0.05, 0.1) is 6.54 Å². The van der Waals surface area contributed by atoms with Crippen molar-refractivity contribution in [1.29, 1.82) is 0 Å². The Labute approximate surface area is 153 Å². The smallest absolute Gasteiger partial charge is 0.251 e. The summed E-state index contributed by atoms with van der Waals surface area (Å²) in [5, 5.41) is 6.11. The Hall–Kier alpha value is -3.34. The summed E-state index contributed by atoms with van der Waals surface area (Å²) in [5.41, 5.74) is 3.66. The summed E-state index contributed by atoms with van der Waals surface area (Å²) in [7, 11) is 0. The van der Waals surface area contributed by atoms with E-state index in [1.807, 2.05) is 55.5 Å². The highest BCUT2D eigenvalue weighted by Gasteiger charge is 2.05. The van der Waals surface area contributed by atoms with Crippen molar-refractivity contribution in [3.63, 3.8) is 0 Å². The number of nitrogens with zero attached hydrogens (tertiary/aromatic N) is 1. The average molecular weight is 347 g/mol. The summed E-state index contributed by atoms with van der Waals surface area (Å²) in [6.45, 7) is 2.90. The van der Waals surface area contributed by atoms with Crippen LogP contribution in [-0.4, -0.2) is 24.0 Å². The highest BCUT2D eigenvalue weighted by molar-refractivity contribution is 5.94. The van der Waals surface area contributed by atoms with Gasteiger partial charge in [0.2, 0.25) is 0 Å². The van der Waals surface area contributed by atoms with Gasteiger partial charge in [-0.3, -0.25) is 9.78 Å². The molecule has 0 aliphatic rings. The summed E-state index contributed by atoms with van der Waals surface area (Å²) < 4.78 is 5.60. The van der Waals surface area contributed by atoms with E-state index in [1.165, 1.54) is 5.56 Å². The van der Waals surface area contributed by atoms with Gasteiger partial charge in [0, 0.05) is 29.3 Å². The molecule has 26 heavy (non-hydrogen) atoms. The molecule has 2 N–H and O–H groups in total. The number of aryl methyl sites for hydroxylation is 1. The fourth-order valence-electron chi connectivity index (χ4n) is 2.38. The van der Waals surface area contributed by atoms with Crippen LogP contribution in [0.3, 0.4) is 0 Å². The molecule has 3 aromatic rings. The van der Waals surface area contributed by atoms with Crippen LogP contribution in [0.2, 0.25) is 0 Å². The quantitative estimate of drug-likeness (QED) is 0.636. The van der Waals surface area contributed by atoms with E-state index >= 15 is 0 Å². The standard InChI is InChI=1S/C21H21N3O2/c1-16-2-8-20(9-3-16)26-15-14-23-21(25)17-4-6-18(7-5-17)24-19-10-12-22-13-11-19/h2-13H,14-15H2,1H3,(H,22,24)(H,23,25). The van der Waals surface area contributed by atoms with Gasteiger partial charge in [-0.05, 0) is 55.5 Å². The molecule has 1 aromatic heterocycles. The van der Waals surface area contributed by atoms with Gasteiger partial charge in [0.15, 0.2) is 0 Å².